The third kappa shape index (κ3) is 11.1. The van der Waals surface area contributed by atoms with Gasteiger partial charge in [0.25, 0.3) is 0 Å². The van der Waals surface area contributed by atoms with Crippen molar-refractivity contribution in [2.24, 2.45) is 4.99 Å². The van der Waals surface area contributed by atoms with Crippen LogP contribution in [0.5, 0.6) is 0 Å². The number of aliphatic imine (C=N–C) groups is 1. The molecule has 0 spiro atoms. The lowest BCUT2D eigenvalue weighted by atomic mass is 9.98. The highest BCUT2D eigenvalue weighted by Crippen LogP contribution is 2.27. The molecule has 45 heavy (non-hydrogen) atoms. The molecule has 266 valence electrons. The number of nitrogens with zero attached hydrogens (tertiary/aromatic N) is 1. The fraction of sp³-hybridized carbons (Fsp3) is 0.960. The normalized spacial score (nSPS) is 42.9. The molecule has 15 atom stereocenters. The number of hydrogen-bond donors (Lipinski definition) is 12. The number of ether oxygens (including phenoxy) is 6. The summed E-state index contributed by atoms with van der Waals surface area (Å²) < 4.78 is 30.9. The van der Waals surface area contributed by atoms with Crippen molar-refractivity contribution in [1.82, 2.24) is 0 Å². The molecule has 3 rings (SSSR count). The van der Waals surface area contributed by atoms with E-state index in [1.165, 1.54) is 0 Å². The molecule has 0 aromatic heterocycles. The monoisotopic (exact) mass is 664 g/mol. The van der Waals surface area contributed by atoms with Crippen LogP contribution in [0.25, 0.3) is 0 Å². The Hall–Kier alpha value is -1.41. The van der Waals surface area contributed by atoms with Gasteiger partial charge >= 0.3 is 0 Å². The first-order valence-corrected chi connectivity index (χ1v) is 14.1. The van der Waals surface area contributed by atoms with Crippen LogP contribution in [0.2, 0.25) is 0 Å². The summed E-state index contributed by atoms with van der Waals surface area (Å²) in [5.41, 5.74) is -0.504. The quantitative estimate of drug-likeness (QED) is 0.0804. The average Bonchev–Trinajstić information content (AvgIpc) is 2.98. The fourth-order valence-corrected chi connectivity index (χ4v) is 4.28. The van der Waals surface area contributed by atoms with Gasteiger partial charge in [-0.2, -0.15) is 0 Å². The Labute approximate surface area is 257 Å². The van der Waals surface area contributed by atoms with E-state index < -0.39 is 124 Å². The number of aliphatic hydroxyl groups is 12. The van der Waals surface area contributed by atoms with E-state index in [9.17, 15) is 61.3 Å². The molecule has 0 aromatic rings. The van der Waals surface area contributed by atoms with Crippen molar-refractivity contribution in [2.45, 2.75) is 118 Å². The molecule has 3 heterocycles. The van der Waals surface area contributed by atoms with Crippen molar-refractivity contribution >= 4 is 6.08 Å². The van der Waals surface area contributed by atoms with Crippen molar-refractivity contribution in [1.29, 1.82) is 0 Å². The number of aliphatic hydroxyl groups excluding tert-OH is 12. The number of rotatable bonds is 9. The van der Waals surface area contributed by atoms with Crippen molar-refractivity contribution < 1.29 is 94.8 Å². The summed E-state index contributed by atoms with van der Waals surface area (Å²) in [6, 6.07) is 0. The van der Waals surface area contributed by atoms with E-state index >= 15 is 0 Å². The molecule has 20 nitrogen and oxygen atoms in total. The highest BCUT2D eigenvalue weighted by molar-refractivity contribution is 5.62. The van der Waals surface area contributed by atoms with Gasteiger partial charge in [0.05, 0.1) is 33.0 Å². The summed E-state index contributed by atoms with van der Waals surface area (Å²) in [7, 11) is 0. The van der Waals surface area contributed by atoms with Crippen molar-refractivity contribution in [2.75, 3.05) is 33.0 Å². The topological polar surface area (TPSA) is 334 Å². The lowest BCUT2D eigenvalue weighted by Gasteiger charge is -2.43. The van der Waals surface area contributed by atoms with Crippen molar-refractivity contribution in [3.8, 4) is 0 Å². The van der Waals surface area contributed by atoms with E-state index in [0.29, 0.717) is 0 Å². The van der Waals surface area contributed by atoms with E-state index in [1.807, 2.05) is 0 Å². The smallest absolute Gasteiger partial charge is 0.186 e. The zero-order valence-corrected chi connectivity index (χ0v) is 24.9. The van der Waals surface area contributed by atoms with Crippen LogP contribution in [0, 0.1) is 0 Å². The van der Waals surface area contributed by atoms with E-state index in [2.05, 4.69) is 4.99 Å². The summed E-state index contributed by atoms with van der Waals surface area (Å²) in [5.74, 6) is 0. The van der Waals surface area contributed by atoms with E-state index in [-0.39, 0.29) is 13.2 Å². The average molecular weight is 665 g/mol. The molecular weight excluding hydrogens is 618 g/mol. The molecule has 3 saturated heterocycles. The standard InChI is InChI=1S/C18H32O16.C7H15NO3/c19-1-4-7(20)11(24)14(27)17(33-4)31-3-6-9(22)12(25)15(28)18(34-6)30-2-5-8(21)10(23)13(26)16(29)32-5;1-7(2,3)11-6(10)8-4-5-9/h4-29H,1-3H2;9H,4-5H2,1-3H3,(H,8,10)/p-1. The minimum atomic E-state index is -1.82. The molecule has 0 radical (unpaired) electrons. The van der Waals surface area contributed by atoms with Crippen LogP contribution in [-0.2, 0) is 28.4 Å². The Bertz CT molecular complexity index is 891. The summed E-state index contributed by atoms with van der Waals surface area (Å²) in [6.07, 6.45) is -25.0. The summed E-state index contributed by atoms with van der Waals surface area (Å²) in [5, 5.41) is 127. The largest absolute Gasteiger partial charge is 0.595 e. The summed E-state index contributed by atoms with van der Waals surface area (Å²) in [4.78, 5) is 3.42. The van der Waals surface area contributed by atoms with Crippen LogP contribution in [-0.4, -0.2) is 198 Å². The van der Waals surface area contributed by atoms with Gasteiger partial charge in [-0.1, -0.05) is 20.8 Å². The molecule has 3 fully saturated rings. The molecule has 20 heteroatoms. The Morgan fingerprint density at radius 2 is 1.04 bits per heavy atom. The zero-order valence-electron chi connectivity index (χ0n) is 24.9. The number of hydrogen-bond acceptors (Lipinski definition) is 20. The van der Waals surface area contributed by atoms with E-state index in [4.69, 9.17) is 33.5 Å². The fourth-order valence-electron chi connectivity index (χ4n) is 4.28. The first kappa shape index (κ1) is 39.8. The van der Waals surface area contributed by atoms with Crippen molar-refractivity contribution in [3.63, 3.8) is 0 Å². The van der Waals surface area contributed by atoms with Crippen LogP contribution in [0.15, 0.2) is 4.99 Å². The minimum Gasteiger partial charge on any atom is -0.595 e. The minimum absolute atomic E-state index is 0.106. The molecule has 12 N–H and O–H groups in total. The van der Waals surface area contributed by atoms with E-state index in [1.54, 1.807) is 20.8 Å². The molecule has 0 aromatic carbocycles. The highest BCUT2D eigenvalue weighted by atomic mass is 16.7. The Kier molecular flexibility index (Phi) is 15.6. The first-order valence-electron chi connectivity index (χ1n) is 14.1. The Balaban J connectivity index is 0.000000547. The van der Waals surface area contributed by atoms with Crippen LogP contribution < -0.4 is 5.11 Å². The SMILES string of the molecule is CC(C)(C)OC([O-])=NCCO.OCC1OC(OCC2OC(OCC3OC(O)C(O)C(O)C3O)C(O)C(O)C2O)C(O)C(O)C1O. The third-order valence-corrected chi connectivity index (χ3v) is 6.79. The first-order chi connectivity index (χ1) is 20.9. The maximum Gasteiger partial charge on any atom is 0.186 e. The molecule has 15 unspecified atom stereocenters. The van der Waals surface area contributed by atoms with Gasteiger partial charge in [-0.25, -0.2) is 0 Å². The molecule has 0 amide bonds. The second kappa shape index (κ2) is 17.7. The van der Waals surface area contributed by atoms with Gasteiger partial charge in [-0.3, -0.25) is 4.99 Å². The Morgan fingerprint density at radius 1 is 0.622 bits per heavy atom. The zero-order chi connectivity index (χ0) is 34.2. The van der Waals surface area contributed by atoms with Crippen LogP contribution in [0.4, 0.5) is 0 Å². The molecule has 3 aliphatic rings. The van der Waals surface area contributed by atoms with Gasteiger partial charge in [0, 0.05) is 5.60 Å². The van der Waals surface area contributed by atoms with Gasteiger partial charge in [0.15, 0.2) is 18.9 Å². The van der Waals surface area contributed by atoms with Crippen LogP contribution in [0.3, 0.4) is 0 Å². The predicted molar refractivity (Wildman–Crippen MR) is 141 cm³/mol. The Morgan fingerprint density at radius 3 is 1.49 bits per heavy atom. The second-order valence-corrected chi connectivity index (χ2v) is 11.5. The van der Waals surface area contributed by atoms with Gasteiger partial charge in [-0.05, 0) is 0 Å². The molecule has 0 aliphatic carbocycles. The van der Waals surface area contributed by atoms with Crippen LogP contribution in [0.1, 0.15) is 20.8 Å². The molecule has 3 aliphatic heterocycles. The van der Waals surface area contributed by atoms with Crippen LogP contribution >= 0.6 is 0 Å². The molecule has 0 bridgehead atoms. The second-order valence-electron chi connectivity index (χ2n) is 11.5. The summed E-state index contributed by atoms with van der Waals surface area (Å²) in [6.45, 7) is 3.43. The van der Waals surface area contributed by atoms with E-state index in [0.717, 1.165) is 0 Å². The maximum atomic E-state index is 10.7. The van der Waals surface area contributed by atoms with Gasteiger partial charge in [0.1, 0.15) is 79.3 Å². The van der Waals surface area contributed by atoms with Gasteiger partial charge < -0.3 is 94.8 Å². The highest BCUT2D eigenvalue weighted by Gasteiger charge is 2.49. The summed E-state index contributed by atoms with van der Waals surface area (Å²) >= 11 is 0. The van der Waals surface area contributed by atoms with Gasteiger partial charge in [0.2, 0.25) is 0 Å². The third-order valence-electron chi connectivity index (χ3n) is 6.79. The molecule has 0 saturated carbocycles. The predicted octanol–water partition coefficient (Wildman–Crippen LogP) is -8.06. The lowest BCUT2D eigenvalue weighted by Crippen LogP contribution is -2.62. The molecular formula is C25H46NO19-. The maximum absolute atomic E-state index is 10.7. The lowest BCUT2D eigenvalue weighted by molar-refractivity contribution is -0.340. The van der Waals surface area contributed by atoms with Crippen molar-refractivity contribution in [3.05, 3.63) is 0 Å². The van der Waals surface area contributed by atoms with Gasteiger partial charge in [-0.15, -0.1) is 0 Å².